The Kier molecular flexibility index (Phi) is 5.49. The van der Waals surface area contributed by atoms with Crippen LogP contribution in [0.25, 0.3) is 0 Å². The van der Waals surface area contributed by atoms with Gasteiger partial charge in [-0.25, -0.2) is 4.39 Å². The predicted octanol–water partition coefficient (Wildman–Crippen LogP) is 1.17. The SMILES string of the molecule is CC(=O)NCCC(=O)N1CCN(C)C(c2ccc(F)cc2)C1. The predicted molar refractivity (Wildman–Crippen MR) is 81.7 cm³/mol. The van der Waals surface area contributed by atoms with Crippen LogP contribution in [0.15, 0.2) is 24.3 Å². The van der Waals surface area contributed by atoms with E-state index in [1.54, 1.807) is 12.1 Å². The molecule has 2 amide bonds. The molecule has 1 aliphatic rings. The van der Waals surface area contributed by atoms with Crippen LogP contribution >= 0.6 is 0 Å². The summed E-state index contributed by atoms with van der Waals surface area (Å²) in [5.41, 5.74) is 1.00. The number of piperazine rings is 1. The van der Waals surface area contributed by atoms with E-state index < -0.39 is 0 Å². The van der Waals surface area contributed by atoms with Crippen LogP contribution in [0.4, 0.5) is 4.39 Å². The molecule has 0 spiro atoms. The highest BCUT2D eigenvalue weighted by atomic mass is 19.1. The van der Waals surface area contributed by atoms with Crippen LogP contribution in [0, 0.1) is 5.82 Å². The van der Waals surface area contributed by atoms with Gasteiger partial charge >= 0.3 is 0 Å². The van der Waals surface area contributed by atoms with E-state index in [4.69, 9.17) is 0 Å². The quantitative estimate of drug-likeness (QED) is 0.908. The smallest absolute Gasteiger partial charge is 0.224 e. The van der Waals surface area contributed by atoms with Crippen LogP contribution in [0.5, 0.6) is 0 Å². The molecule has 1 saturated heterocycles. The van der Waals surface area contributed by atoms with Gasteiger partial charge in [0.1, 0.15) is 5.82 Å². The third kappa shape index (κ3) is 4.27. The average molecular weight is 307 g/mol. The van der Waals surface area contributed by atoms with Gasteiger partial charge in [-0.3, -0.25) is 14.5 Å². The summed E-state index contributed by atoms with van der Waals surface area (Å²) in [4.78, 5) is 27.0. The Morgan fingerprint density at radius 1 is 1.27 bits per heavy atom. The standard InChI is InChI=1S/C16H22FN3O2/c1-12(21)18-8-7-16(22)20-10-9-19(2)15(11-20)13-3-5-14(17)6-4-13/h3-6,15H,7-11H2,1-2H3,(H,18,21). The van der Waals surface area contributed by atoms with Crippen LogP contribution in [0.2, 0.25) is 0 Å². The number of rotatable bonds is 4. The summed E-state index contributed by atoms with van der Waals surface area (Å²) >= 11 is 0. The minimum atomic E-state index is -0.259. The fourth-order valence-electron chi connectivity index (χ4n) is 2.65. The van der Waals surface area contributed by atoms with Crippen LogP contribution in [0.3, 0.4) is 0 Å². The first-order valence-corrected chi connectivity index (χ1v) is 7.45. The van der Waals surface area contributed by atoms with Crippen molar-refractivity contribution in [3.8, 4) is 0 Å². The van der Waals surface area contributed by atoms with Crippen molar-refractivity contribution in [3.05, 3.63) is 35.6 Å². The van der Waals surface area contributed by atoms with E-state index >= 15 is 0 Å². The van der Waals surface area contributed by atoms with Gasteiger partial charge in [0, 0.05) is 39.5 Å². The Labute approximate surface area is 130 Å². The molecule has 6 heteroatoms. The molecule has 120 valence electrons. The number of amides is 2. The van der Waals surface area contributed by atoms with Crippen molar-refractivity contribution in [1.29, 1.82) is 0 Å². The molecule has 2 rings (SSSR count). The van der Waals surface area contributed by atoms with Crippen LogP contribution in [-0.4, -0.2) is 54.8 Å². The van der Waals surface area contributed by atoms with Gasteiger partial charge < -0.3 is 10.2 Å². The first kappa shape index (κ1) is 16.4. The molecular weight excluding hydrogens is 285 g/mol. The Bertz CT molecular complexity index is 533. The fourth-order valence-corrected chi connectivity index (χ4v) is 2.65. The molecule has 1 aromatic rings. The van der Waals surface area contributed by atoms with Crippen LogP contribution in [-0.2, 0) is 9.59 Å². The number of likely N-dealkylation sites (N-methyl/N-ethyl adjacent to an activating group) is 1. The number of nitrogens with zero attached hydrogens (tertiary/aromatic N) is 2. The Balaban J connectivity index is 1.96. The molecule has 0 saturated carbocycles. The number of nitrogens with one attached hydrogen (secondary N) is 1. The molecule has 0 radical (unpaired) electrons. The molecule has 1 heterocycles. The third-order valence-electron chi connectivity index (χ3n) is 3.97. The average Bonchev–Trinajstić information content (AvgIpc) is 2.48. The Morgan fingerprint density at radius 2 is 1.95 bits per heavy atom. The zero-order chi connectivity index (χ0) is 16.1. The lowest BCUT2D eigenvalue weighted by Crippen LogP contribution is -2.49. The highest BCUT2D eigenvalue weighted by Crippen LogP contribution is 2.24. The molecular formula is C16H22FN3O2. The zero-order valence-electron chi connectivity index (χ0n) is 13.0. The zero-order valence-corrected chi connectivity index (χ0v) is 13.0. The second-order valence-corrected chi connectivity index (χ2v) is 5.62. The van der Waals surface area contributed by atoms with Gasteiger partial charge in [-0.1, -0.05) is 12.1 Å². The third-order valence-corrected chi connectivity index (χ3v) is 3.97. The second kappa shape index (κ2) is 7.35. The van der Waals surface area contributed by atoms with E-state index in [1.807, 2.05) is 11.9 Å². The summed E-state index contributed by atoms with van der Waals surface area (Å²) in [6, 6.07) is 6.49. The van der Waals surface area contributed by atoms with Crippen molar-refractivity contribution in [2.24, 2.45) is 0 Å². The van der Waals surface area contributed by atoms with E-state index in [1.165, 1.54) is 19.1 Å². The maximum atomic E-state index is 13.0. The molecule has 22 heavy (non-hydrogen) atoms. The molecule has 1 unspecified atom stereocenters. The van der Waals surface area contributed by atoms with Gasteiger partial charge in [0.15, 0.2) is 0 Å². The number of carbonyl (C=O) groups is 2. The topological polar surface area (TPSA) is 52.7 Å². The molecule has 1 aliphatic heterocycles. The molecule has 1 N–H and O–H groups in total. The van der Waals surface area contributed by atoms with Crippen molar-refractivity contribution < 1.29 is 14.0 Å². The normalized spacial score (nSPS) is 19.0. The molecule has 0 aromatic heterocycles. The van der Waals surface area contributed by atoms with Crippen molar-refractivity contribution in [2.45, 2.75) is 19.4 Å². The maximum absolute atomic E-state index is 13.0. The molecule has 1 atom stereocenters. The number of hydrogen-bond acceptors (Lipinski definition) is 3. The van der Waals surface area contributed by atoms with Gasteiger partial charge in [0.05, 0.1) is 6.04 Å². The van der Waals surface area contributed by atoms with Crippen molar-refractivity contribution in [3.63, 3.8) is 0 Å². The first-order valence-electron chi connectivity index (χ1n) is 7.45. The first-order chi connectivity index (χ1) is 10.5. The molecule has 1 fully saturated rings. The highest BCUT2D eigenvalue weighted by molar-refractivity contribution is 5.78. The largest absolute Gasteiger partial charge is 0.356 e. The summed E-state index contributed by atoms with van der Waals surface area (Å²) in [5.74, 6) is -0.352. The minimum Gasteiger partial charge on any atom is -0.356 e. The van der Waals surface area contributed by atoms with Gasteiger partial charge in [-0.05, 0) is 24.7 Å². The summed E-state index contributed by atoms with van der Waals surface area (Å²) < 4.78 is 13.0. The van der Waals surface area contributed by atoms with E-state index in [0.29, 0.717) is 26.1 Å². The lowest BCUT2D eigenvalue weighted by atomic mass is 10.0. The minimum absolute atomic E-state index is 0.0361. The second-order valence-electron chi connectivity index (χ2n) is 5.62. The van der Waals surface area contributed by atoms with Gasteiger partial charge in [-0.2, -0.15) is 0 Å². The Hall–Kier alpha value is -1.95. The number of hydrogen-bond donors (Lipinski definition) is 1. The van der Waals surface area contributed by atoms with Crippen LogP contribution in [0.1, 0.15) is 24.9 Å². The fraction of sp³-hybridized carbons (Fsp3) is 0.500. The molecule has 1 aromatic carbocycles. The summed E-state index contributed by atoms with van der Waals surface area (Å²) in [5, 5.41) is 2.63. The van der Waals surface area contributed by atoms with Gasteiger partial charge in [0.2, 0.25) is 11.8 Å². The lowest BCUT2D eigenvalue weighted by Gasteiger charge is -2.39. The summed E-state index contributed by atoms with van der Waals surface area (Å²) in [6.45, 7) is 3.83. The molecule has 0 aliphatic carbocycles. The molecule has 0 bridgehead atoms. The van der Waals surface area contributed by atoms with Crippen molar-refractivity contribution in [1.82, 2.24) is 15.1 Å². The summed E-state index contributed by atoms with van der Waals surface area (Å²) in [6.07, 6.45) is 0.305. The Morgan fingerprint density at radius 3 is 2.59 bits per heavy atom. The maximum Gasteiger partial charge on any atom is 0.224 e. The highest BCUT2D eigenvalue weighted by Gasteiger charge is 2.28. The van der Waals surface area contributed by atoms with Crippen molar-refractivity contribution in [2.75, 3.05) is 33.2 Å². The van der Waals surface area contributed by atoms with Gasteiger partial charge in [0.25, 0.3) is 0 Å². The molecule has 5 nitrogen and oxygen atoms in total. The lowest BCUT2D eigenvalue weighted by molar-refractivity contribution is -0.134. The van der Waals surface area contributed by atoms with Crippen LogP contribution < -0.4 is 5.32 Å². The van der Waals surface area contributed by atoms with E-state index in [-0.39, 0.29) is 23.7 Å². The van der Waals surface area contributed by atoms with Gasteiger partial charge in [-0.15, -0.1) is 0 Å². The number of halogens is 1. The number of carbonyl (C=O) groups excluding carboxylic acids is 2. The van der Waals surface area contributed by atoms with E-state index in [0.717, 1.165) is 12.1 Å². The van der Waals surface area contributed by atoms with Crippen molar-refractivity contribution >= 4 is 11.8 Å². The van der Waals surface area contributed by atoms with E-state index in [2.05, 4.69) is 10.2 Å². The monoisotopic (exact) mass is 307 g/mol. The number of benzene rings is 1. The van der Waals surface area contributed by atoms with E-state index in [9.17, 15) is 14.0 Å². The summed E-state index contributed by atoms with van der Waals surface area (Å²) in [7, 11) is 2.01.